The number of rotatable bonds is 5. The van der Waals surface area contributed by atoms with Crippen LogP contribution in [0.3, 0.4) is 0 Å². The molecule has 0 amide bonds. The van der Waals surface area contributed by atoms with Crippen molar-refractivity contribution in [3.05, 3.63) is 113 Å². The van der Waals surface area contributed by atoms with Gasteiger partial charge >= 0.3 is 5.97 Å². The van der Waals surface area contributed by atoms with Crippen molar-refractivity contribution in [3.8, 4) is 0 Å². The molecule has 1 heterocycles. The molecule has 0 spiro atoms. The number of allylic oxidation sites excluding steroid dienone is 1. The fraction of sp³-hybridized carbons (Fsp3) is 0.148. The SMILES string of the molecule is C/C(=C\C(=O)O)c1ccc2c(ccn2C(c2ccc(C)cc2)c2ccccc2C)c1. The first-order valence-electron chi connectivity index (χ1n) is 10.1. The Kier molecular flexibility index (Phi) is 5.28. The Labute approximate surface area is 176 Å². The topological polar surface area (TPSA) is 42.2 Å². The van der Waals surface area contributed by atoms with E-state index in [4.69, 9.17) is 5.11 Å². The standard InChI is InChI=1S/C27H25NO2/c1-18-8-10-21(11-9-18)27(24-7-5-4-6-19(24)2)28-15-14-23-17-22(12-13-25(23)28)20(3)16-26(29)30/h4-17,27H,1-3H3,(H,29,30)/b20-16+. The third kappa shape index (κ3) is 3.79. The minimum absolute atomic E-state index is 0.0609. The maximum Gasteiger partial charge on any atom is 0.328 e. The highest BCUT2D eigenvalue weighted by Crippen LogP contribution is 2.33. The first kappa shape index (κ1) is 19.7. The summed E-state index contributed by atoms with van der Waals surface area (Å²) in [4.78, 5) is 11.0. The molecule has 4 rings (SSSR count). The van der Waals surface area contributed by atoms with Gasteiger partial charge in [-0.1, -0.05) is 60.2 Å². The predicted octanol–water partition coefficient (Wildman–Crippen LogP) is 6.38. The Morgan fingerprint density at radius 3 is 2.40 bits per heavy atom. The molecular weight excluding hydrogens is 370 g/mol. The molecule has 1 unspecified atom stereocenters. The van der Waals surface area contributed by atoms with Gasteiger partial charge < -0.3 is 9.67 Å². The van der Waals surface area contributed by atoms with Crippen LogP contribution in [0.15, 0.2) is 85.1 Å². The van der Waals surface area contributed by atoms with Crippen molar-refractivity contribution in [1.82, 2.24) is 4.57 Å². The van der Waals surface area contributed by atoms with Crippen molar-refractivity contribution in [1.29, 1.82) is 0 Å². The lowest BCUT2D eigenvalue weighted by molar-refractivity contribution is -0.131. The summed E-state index contributed by atoms with van der Waals surface area (Å²) < 4.78 is 2.31. The van der Waals surface area contributed by atoms with Crippen LogP contribution >= 0.6 is 0 Å². The average molecular weight is 396 g/mol. The summed E-state index contributed by atoms with van der Waals surface area (Å²) in [6.07, 6.45) is 3.38. The van der Waals surface area contributed by atoms with E-state index < -0.39 is 5.97 Å². The fourth-order valence-corrected chi connectivity index (χ4v) is 4.04. The maximum atomic E-state index is 11.0. The first-order chi connectivity index (χ1) is 14.4. The van der Waals surface area contributed by atoms with Crippen LogP contribution in [0.25, 0.3) is 16.5 Å². The predicted molar refractivity (Wildman–Crippen MR) is 123 cm³/mol. The Bertz CT molecular complexity index is 1250. The number of fused-ring (bicyclic) bond motifs is 1. The largest absolute Gasteiger partial charge is 0.478 e. The van der Waals surface area contributed by atoms with Gasteiger partial charge in [-0.05, 0) is 66.8 Å². The highest BCUT2D eigenvalue weighted by atomic mass is 16.4. The molecule has 0 aliphatic heterocycles. The van der Waals surface area contributed by atoms with Gasteiger partial charge in [-0.15, -0.1) is 0 Å². The van der Waals surface area contributed by atoms with Gasteiger partial charge in [0.25, 0.3) is 0 Å². The highest BCUT2D eigenvalue weighted by molar-refractivity contribution is 5.92. The molecule has 0 aliphatic rings. The molecule has 0 bridgehead atoms. The second-order valence-electron chi connectivity index (χ2n) is 7.83. The summed E-state index contributed by atoms with van der Waals surface area (Å²) in [6, 6.07) is 25.5. The van der Waals surface area contributed by atoms with Gasteiger partial charge in [-0.3, -0.25) is 0 Å². The van der Waals surface area contributed by atoms with E-state index in [2.05, 4.69) is 91.3 Å². The van der Waals surface area contributed by atoms with Crippen LogP contribution in [0.5, 0.6) is 0 Å². The number of nitrogens with zero attached hydrogens (tertiary/aromatic N) is 1. The van der Waals surface area contributed by atoms with Crippen LogP contribution in [-0.2, 0) is 4.79 Å². The van der Waals surface area contributed by atoms with Crippen LogP contribution in [0.2, 0.25) is 0 Å². The number of carboxylic acids is 1. The molecule has 1 aromatic heterocycles. The number of hydrogen-bond donors (Lipinski definition) is 1. The number of aryl methyl sites for hydroxylation is 2. The van der Waals surface area contributed by atoms with Gasteiger partial charge in [-0.2, -0.15) is 0 Å². The van der Waals surface area contributed by atoms with E-state index in [0.717, 1.165) is 22.0 Å². The molecule has 3 heteroatoms. The number of carbonyl (C=O) groups is 1. The summed E-state index contributed by atoms with van der Waals surface area (Å²) in [5.41, 5.74) is 7.78. The van der Waals surface area contributed by atoms with Crippen molar-refractivity contribution in [2.45, 2.75) is 26.8 Å². The number of carboxylic acid groups (broad SMARTS) is 1. The van der Waals surface area contributed by atoms with E-state index in [1.807, 2.05) is 13.0 Å². The lowest BCUT2D eigenvalue weighted by Crippen LogP contribution is -2.12. The normalized spacial score (nSPS) is 12.8. The van der Waals surface area contributed by atoms with Crippen molar-refractivity contribution >= 4 is 22.4 Å². The number of aliphatic carboxylic acids is 1. The van der Waals surface area contributed by atoms with Crippen LogP contribution in [0, 0.1) is 13.8 Å². The molecule has 0 saturated carbocycles. The molecule has 30 heavy (non-hydrogen) atoms. The summed E-state index contributed by atoms with van der Waals surface area (Å²) in [7, 11) is 0. The lowest BCUT2D eigenvalue weighted by atomic mass is 9.94. The van der Waals surface area contributed by atoms with Crippen molar-refractivity contribution in [2.75, 3.05) is 0 Å². The first-order valence-corrected chi connectivity index (χ1v) is 10.1. The molecule has 3 nitrogen and oxygen atoms in total. The van der Waals surface area contributed by atoms with Crippen LogP contribution in [0.4, 0.5) is 0 Å². The van der Waals surface area contributed by atoms with Crippen LogP contribution in [0.1, 0.15) is 40.8 Å². The third-order valence-corrected chi connectivity index (χ3v) is 5.67. The van der Waals surface area contributed by atoms with Crippen LogP contribution < -0.4 is 0 Å². The highest BCUT2D eigenvalue weighted by Gasteiger charge is 2.19. The molecule has 0 fully saturated rings. The van der Waals surface area contributed by atoms with Gasteiger partial charge in [0.15, 0.2) is 0 Å². The number of benzene rings is 3. The Morgan fingerprint density at radius 1 is 0.967 bits per heavy atom. The average Bonchev–Trinajstić information content (AvgIpc) is 3.13. The molecule has 1 atom stereocenters. The maximum absolute atomic E-state index is 11.0. The van der Waals surface area contributed by atoms with E-state index >= 15 is 0 Å². The van der Waals surface area contributed by atoms with Gasteiger partial charge in [0, 0.05) is 23.2 Å². The zero-order chi connectivity index (χ0) is 21.3. The third-order valence-electron chi connectivity index (χ3n) is 5.67. The zero-order valence-corrected chi connectivity index (χ0v) is 17.5. The Morgan fingerprint density at radius 2 is 1.70 bits per heavy atom. The van der Waals surface area contributed by atoms with Gasteiger partial charge in [0.05, 0.1) is 6.04 Å². The summed E-state index contributed by atoms with van der Waals surface area (Å²) in [6.45, 7) is 6.08. The van der Waals surface area contributed by atoms with E-state index in [1.165, 1.54) is 28.3 Å². The molecule has 1 N–H and O–H groups in total. The quantitative estimate of drug-likeness (QED) is 0.398. The minimum atomic E-state index is -0.927. The fourth-order valence-electron chi connectivity index (χ4n) is 4.04. The second-order valence-corrected chi connectivity index (χ2v) is 7.83. The number of hydrogen-bond acceptors (Lipinski definition) is 1. The van der Waals surface area contributed by atoms with E-state index in [-0.39, 0.29) is 6.04 Å². The molecule has 150 valence electrons. The summed E-state index contributed by atoms with van der Waals surface area (Å²) in [5.74, 6) is -0.927. The van der Waals surface area contributed by atoms with E-state index in [9.17, 15) is 4.79 Å². The van der Waals surface area contributed by atoms with Crippen molar-refractivity contribution in [2.24, 2.45) is 0 Å². The smallest absolute Gasteiger partial charge is 0.328 e. The second kappa shape index (κ2) is 8.03. The molecule has 0 aliphatic carbocycles. The Hall–Kier alpha value is -3.59. The molecule has 0 saturated heterocycles. The van der Waals surface area contributed by atoms with Gasteiger partial charge in [0.2, 0.25) is 0 Å². The van der Waals surface area contributed by atoms with Crippen molar-refractivity contribution < 1.29 is 9.90 Å². The molecule has 0 radical (unpaired) electrons. The monoisotopic (exact) mass is 395 g/mol. The van der Waals surface area contributed by atoms with Gasteiger partial charge in [-0.25, -0.2) is 4.79 Å². The minimum Gasteiger partial charge on any atom is -0.478 e. The molecule has 3 aromatic carbocycles. The van der Waals surface area contributed by atoms with Crippen molar-refractivity contribution in [3.63, 3.8) is 0 Å². The zero-order valence-electron chi connectivity index (χ0n) is 17.5. The van der Waals surface area contributed by atoms with E-state index in [1.54, 1.807) is 0 Å². The lowest BCUT2D eigenvalue weighted by Gasteiger charge is -2.23. The summed E-state index contributed by atoms with van der Waals surface area (Å²) >= 11 is 0. The van der Waals surface area contributed by atoms with E-state index in [0.29, 0.717) is 0 Å². The molecular formula is C27H25NO2. The van der Waals surface area contributed by atoms with Gasteiger partial charge in [0.1, 0.15) is 0 Å². The summed E-state index contributed by atoms with van der Waals surface area (Å²) in [5, 5.41) is 10.1. The Balaban J connectivity index is 1.88. The molecule has 4 aromatic rings. The van der Waals surface area contributed by atoms with Crippen LogP contribution in [-0.4, -0.2) is 15.6 Å². The number of aromatic nitrogens is 1.